The molecule has 1 aromatic carbocycles. The third-order valence-electron chi connectivity index (χ3n) is 4.73. The maximum absolute atomic E-state index is 5.27. The molecule has 5 nitrogen and oxygen atoms in total. The van der Waals surface area contributed by atoms with Gasteiger partial charge in [-0.05, 0) is 50.0 Å². The second kappa shape index (κ2) is 14.2. The number of methoxy groups -OCH3 is 1. The molecule has 6 heteroatoms. The Morgan fingerprint density at radius 3 is 2.42 bits per heavy atom. The molecular weight excluding hydrogens is 439 g/mol. The van der Waals surface area contributed by atoms with Crippen molar-refractivity contribution in [1.82, 2.24) is 15.5 Å². The van der Waals surface area contributed by atoms with Crippen molar-refractivity contribution in [3.05, 3.63) is 35.4 Å². The highest BCUT2D eigenvalue weighted by Gasteiger charge is 2.08. The summed E-state index contributed by atoms with van der Waals surface area (Å²) >= 11 is 0. The van der Waals surface area contributed by atoms with Gasteiger partial charge in [0, 0.05) is 27.2 Å². The number of likely N-dealkylation sites (tertiary alicyclic amines) is 1. The zero-order valence-corrected chi connectivity index (χ0v) is 18.6. The maximum Gasteiger partial charge on any atom is 0.191 e. The SMILES string of the molecule is CN=C(NCCCN1CCCCCC1)NCc1ccccc1COC.I. The van der Waals surface area contributed by atoms with E-state index in [0.717, 1.165) is 25.5 Å². The molecule has 0 unspecified atom stereocenters. The van der Waals surface area contributed by atoms with Crippen molar-refractivity contribution < 1.29 is 4.74 Å². The molecule has 0 saturated carbocycles. The van der Waals surface area contributed by atoms with E-state index in [0.29, 0.717) is 6.61 Å². The van der Waals surface area contributed by atoms with Crippen LogP contribution >= 0.6 is 24.0 Å². The van der Waals surface area contributed by atoms with Crippen molar-refractivity contribution in [1.29, 1.82) is 0 Å². The number of nitrogens with one attached hydrogen (secondary N) is 2. The first-order valence-electron chi connectivity index (χ1n) is 9.56. The predicted octanol–water partition coefficient (Wildman–Crippen LogP) is 3.38. The van der Waals surface area contributed by atoms with Gasteiger partial charge in [-0.15, -0.1) is 24.0 Å². The van der Waals surface area contributed by atoms with Gasteiger partial charge in [0.25, 0.3) is 0 Å². The van der Waals surface area contributed by atoms with Crippen molar-refractivity contribution in [3.63, 3.8) is 0 Å². The van der Waals surface area contributed by atoms with Crippen LogP contribution < -0.4 is 10.6 Å². The van der Waals surface area contributed by atoms with E-state index in [1.165, 1.54) is 56.4 Å². The Hall–Kier alpha value is -0.860. The predicted molar refractivity (Wildman–Crippen MR) is 120 cm³/mol. The molecule has 0 atom stereocenters. The third kappa shape index (κ3) is 8.68. The number of nitrogens with zero attached hydrogens (tertiary/aromatic N) is 2. The van der Waals surface area contributed by atoms with Crippen molar-refractivity contribution in [2.45, 2.75) is 45.3 Å². The van der Waals surface area contributed by atoms with E-state index in [-0.39, 0.29) is 24.0 Å². The lowest BCUT2D eigenvalue weighted by Gasteiger charge is -2.20. The van der Waals surface area contributed by atoms with Gasteiger partial charge >= 0.3 is 0 Å². The number of benzene rings is 1. The average molecular weight is 474 g/mol. The molecule has 26 heavy (non-hydrogen) atoms. The van der Waals surface area contributed by atoms with Crippen LogP contribution in [0.5, 0.6) is 0 Å². The van der Waals surface area contributed by atoms with Gasteiger partial charge < -0.3 is 20.3 Å². The van der Waals surface area contributed by atoms with Crippen molar-refractivity contribution in [2.24, 2.45) is 4.99 Å². The van der Waals surface area contributed by atoms with Crippen molar-refractivity contribution >= 4 is 29.9 Å². The number of ether oxygens (including phenoxy) is 1. The van der Waals surface area contributed by atoms with Crippen LogP contribution in [-0.2, 0) is 17.9 Å². The summed E-state index contributed by atoms with van der Waals surface area (Å²) in [5, 5.41) is 6.83. The minimum Gasteiger partial charge on any atom is -0.380 e. The highest BCUT2D eigenvalue weighted by atomic mass is 127. The van der Waals surface area contributed by atoms with Gasteiger partial charge in [0.05, 0.1) is 6.61 Å². The molecular formula is C20H35IN4O. The van der Waals surface area contributed by atoms with E-state index in [4.69, 9.17) is 4.74 Å². The summed E-state index contributed by atoms with van der Waals surface area (Å²) in [6.45, 7) is 6.06. The van der Waals surface area contributed by atoms with Gasteiger partial charge in [0.1, 0.15) is 0 Å². The molecule has 0 radical (unpaired) electrons. The van der Waals surface area contributed by atoms with E-state index in [1.54, 1.807) is 7.11 Å². The molecule has 1 heterocycles. The van der Waals surface area contributed by atoms with Crippen LogP contribution in [-0.4, -0.2) is 51.2 Å². The summed E-state index contributed by atoms with van der Waals surface area (Å²) < 4.78 is 5.27. The van der Waals surface area contributed by atoms with Gasteiger partial charge in [-0.25, -0.2) is 0 Å². The van der Waals surface area contributed by atoms with Gasteiger partial charge in [-0.3, -0.25) is 4.99 Å². The van der Waals surface area contributed by atoms with Gasteiger partial charge in [-0.2, -0.15) is 0 Å². The van der Waals surface area contributed by atoms with E-state index in [9.17, 15) is 0 Å². The second-order valence-electron chi connectivity index (χ2n) is 6.66. The first kappa shape index (κ1) is 23.2. The lowest BCUT2D eigenvalue weighted by Crippen LogP contribution is -2.38. The maximum atomic E-state index is 5.27. The van der Waals surface area contributed by atoms with Crippen LogP contribution in [0.15, 0.2) is 29.3 Å². The standard InChI is InChI=1S/C20H34N4O.HI/c1-21-20(22-12-9-15-24-13-7-3-4-8-14-24)23-16-18-10-5-6-11-19(18)17-25-2;/h5-6,10-11H,3-4,7-9,12-17H2,1-2H3,(H2,21,22,23);1H. The first-order chi connectivity index (χ1) is 12.3. The van der Waals surface area contributed by atoms with Gasteiger partial charge in [0.15, 0.2) is 5.96 Å². The molecule has 1 aliphatic heterocycles. The molecule has 1 fully saturated rings. The Bertz CT molecular complexity index is 516. The van der Waals surface area contributed by atoms with Crippen LogP contribution in [0.2, 0.25) is 0 Å². The largest absolute Gasteiger partial charge is 0.380 e. The highest BCUT2D eigenvalue weighted by Crippen LogP contribution is 2.10. The fourth-order valence-electron chi connectivity index (χ4n) is 3.30. The molecule has 1 saturated heterocycles. The summed E-state index contributed by atoms with van der Waals surface area (Å²) in [5.41, 5.74) is 2.46. The third-order valence-corrected chi connectivity index (χ3v) is 4.73. The Kier molecular flexibility index (Phi) is 12.7. The van der Waals surface area contributed by atoms with Crippen LogP contribution in [0.3, 0.4) is 0 Å². The minimum absolute atomic E-state index is 0. The van der Waals surface area contributed by atoms with Crippen LogP contribution in [0.1, 0.15) is 43.2 Å². The minimum atomic E-state index is 0. The molecule has 0 aromatic heterocycles. The molecule has 1 aromatic rings. The molecule has 2 rings (SSSR count). The first-order valence-corrected chi connectivity index (χ1v) is 9.56. The van der Waals surface area contributed by atoms with Gasteiger partial charge in [0.2, 0.25) is 0 Å². The number of hydrogen-bond acceptors (Lipinski definition) is 3. The number of rotatable bonds is 8. The molecule has 148 valence electrons. The van der Waals surface area contributed by atoms with Crippen LogP contribution in [0.25, 0.3) is 0 Å². The fourth-order valence-corrected chi connectivity index (χ4v) is 3.30. The Morgan fingerprint density at radius 2 is 1.77 bits per heavy atom. The molecule has 0 spiro atoms. The number of halogens is 1. The normalized spacial score (nSPS) is 15.8. The Morgan fingerprint density at radius 1 is 1.08 bits per heavy atom. The summed E-state index contributed by atoms with van der Waals surface area (Å²) in [4.78, 5) is 6.93. The van der Waals surface area contributed by atoms with Crippen molar-refractivity contribution in [2.75, 3.05) is 40.3 Å². The molecule has 1 aliphatic rings. The number of hydrogen-bond donors (Lipinski definition) is 2. The summed E-state index contributed by atoms with van der Waals surface area (Å²) in [6, 6.07) is 8.35. The molecule has 0 amide bonds. The lowest BCUT2D eigenvalue weighted by atomic mass is 10.1. The zero-order chi connectivity index (χ0) is 17.7. The summed E-state index contributed by atoms with van der Waals surface area (Å²) in [5.74, 6) is 0.864. The Balaban J connectivity index is 0.00000338. The summed E-state index contributed by atoms with van der Waals surface area (Å²) in [7, 11) is 3.56. The molecule has 2 N–H and O–H groups in total. The average Bonchev–Trinajstić information content (AvgIpc) is 2.91. The Labute approximate surface area is 176 Å². The molecule has 0 aliphatic carbocycles. The number of aliphatic imine (C=N–C) groups is 1. The second-order valence-corrected chi connectivity index (χ2v) is 6.66. The van der Waals surface area contributed by atoms with E-state index in [1.807, 2.05) is 13.1 Å². The van der Waals surface area contributed by atoms with E-state index >= 15 is 0 Å². The van der Waals surface area contributed by atoms with E-state index in [2.05, 4.69) is 38.7 Å². The lowest BCUT2D eigenvalue weighted by molar-refractivity contribution is 0.184. The monoisotopic (exact) mass is 474 g/mol. The van der Waals surface area contributed by atoms with Crippen molar-refractivity contribution in [3.8, 4) is 0 Å². The van der Waals surface area contributed by atoms with Crippen LogP contribution in [0.4, 0.5) is 0 Å². The summed E-state index contributed by atoms with van der Waals surface area (Å²) in [6.07, 6.45) is 6.67. The molecule has 0 bridgehead atoms. The van der Waals surface area contributed by atoms with E-state index < -0.39 is 0 Å². The van der Waals surface area contributed by atoms with Crippen LogP contribution in [0, 0.1) is 0 Å². The quantitative estimate of drug-likeness (QED) is 0.263. The number of guanidine groups is 1. The zero-order valence-electron chi connectivity index (χ0n) is 16.3. The fraction of sp³-hybridized carbons (Fsp3) is 0.650. The smallest absolute Gasteiger partial charge is 0.191 e. The topological polar surface area (TPSA) is 48.9 Å². The van der Waals surface area contributed by atoms with Gasteiger partial charge in [-0.1, -0.05) is 37.1 Å². The highest BCUT2D eigenvalue weighted by molar-refractivity contribution is 14.0.